The molecule has 0 N–H and O–H groups in total. The number of halogens is 2. The summed E-state index contributed by atoms with van der Waals surface area (Å²) in [5.74, 6) is 2.56. The van der Waals surface area contributed by atoms with E-state index in [1.807, 2.05) is 0 Å². The Balaban J connectivity index is 1.80. The van der Waals surface area contributed by atoms with Gasteiger partial charge >= 0.3 is 0 Å². The van der Waals surface area contributed by atoms with Crippen molar-refractivity contribution in [1.82, 2.24) is 0 Å². The molecular weight excluding hydrogens is 314 g/mol. The van der Waals surface area contributed by atoms with Crippen LogP contribution < -0.4 is 0 Å². The molecular formula is C19H34F2OS. The molecule has 0 heterocycles. The summed E-state index contributed by atoms with van der Waals surface area (Å²) in [6, 6.07) is 0. The first-order valence-corrected chi connectivity index (χ1v) is 9.88. The third kappa shape index (κ3) is 5.07. The van der Waals surface area contributed by atoms with Crippen molar-refractivity contribution in [2.24, 2.45) is 29.6 Å². The van der Waals surface area contributed by atoms with Gasteiger partial charge in [-0.1, -0.05) is 33.6 Å². The maximum atomic E-state index is 14.4. The molecule has 2 aliphatic rings. The second-order valence-corrected chi connectivity index (χ2v) is 8.61. The number of hydrogen-bond donors (Lipinski definition) is 1. The highest BCUT2D eigenvalue weighted by Gasteiger charge is 2.44. The van der Waals surface area contributed by atoms with E-state index in [4.69, 9.17) is 4.18 Å². The van der Waals surface area contributed by atoms with Crippen molar-refractivity contribution in [2.75, 3.05) is 0 Å². The van der Waals surface area contributed by atoms with Gasteiger partial charge in [-0.3, -0.25) is 0 Å². The van der Waals surface area contributed by atoms with Crippen molar-refractivity contribution in [1.29, 1.82) is 0 Å². The van der Waals surface area contributed by atoms with Crippen molar-refractivity contribution in [3.63, 3.8) is 0 Å². The summed E-state index contributed by atoms with van der Waals surface area (Å²) in [4.78, 5) is 0. The summed E-state index contributed by atoms with van der Waals surface area (Å²) in [7, 11) is 0. The molecule has 0 bridgehead atoms. The van der Waals surface area contributed by atoms with E-state index in [1.165, 1.54) is 25.7 Å². The van der Waals surface area contributed by atoms with E-state index in [2.05, 4.69) is 33.7 Å². The van der Waals surface area contributed by atoms with Gasteiger partial charge in [0.15, 0.2) is 6.17 Å². The molecule has 4 heteroatoms. The lowest BCUT2D eigenvalue weighted by atomic mass is 9.67. The van der Waals surface area contributed by atoms with Crippen molar-refractivity contribution >= 4 is 12.9 Å². The largest absolute Gasteiger partial charge is 0.312 e. The summed E-state index contributed by atoms with van der Waals surface area (Å²) in [5, 5.41) is 0. The third-order valence-corrected chi connectivity index (χ3v) is 6.69. The summed E-state index contributed by atoms with van der Waals surface area (Å²) >= 11 is 3.68. The first-order chi connectivity index (χ1) is 10.9. The van der Waals surface area contributed by atoms with Crippen LogP contribution >= 0.6 is 12.9 Å². The molecule has 2 rings (SSSR count). The molecule has 2 aliphatic carbocycles. The first-order valence-electron chi connectivity index (χ1n) is 9.52. The Morgan fingerprint density at radius 2 is 1.57 bits per heavy atom. The molecule has 0 aromatic heterocycles. The van der Waals surface area contributed by atoms with E-state index < -0.39 is 18.4 Å². The molecule has 23 heavy (non-hydrogen) atoms. The van der Waals surface area contributed by atoms with Gasteiger partial charge in [0.2, 0.25) is 0 Å². The van der Waals surface area contributed by atoms with Gasteiger partial charge in [-0.2, -0.15) is 0 Å². The molecule has 0 amide bonds. The van der Waals surface area contributed by atoms with Crippen LogP contribution in [0, 0.1) is 29.6 Å². The standard InChI is InChI=1S/C19H34F2OS/c1-12(2)4-5-13(3)14-6-8-15(9-7-14)16-10-11-17(22-23)19(21)18(16)20/h12-19,23H,4-11H2,1-3H3. The molecule has 5 unspecified atom stereocenters. The van der Waals surface area contributed by atoms with E-state index in [-0.39, 0.29) is 5.92 Å². The first kappa shape index (κ1) is 19.5. The highest BCUT2D eigenvalue weighted by Crippen LogP contribution is 2.44. The molecule has 0 saturated heterocycles. The van der Waals surface area contributed by atoms with Crippen LogP contribution in [-0.2, 0) is 4.18 Å². The summed E-state index contributed by atoms with van der Waals surface area (Å²) < 4.78 is 33.3. The van der Waals surface area contributed by atoms with Gasteiger partial charge in [0.25, 0.3) is 0 Å². The number of thiol groups is 1. The van der Waals surface area contributed by atoms with Crippen molar-refractivity contribution in [2.45, 2.75) is 90.6 Å². The third-order valence-electron chi connectivity index (χ3n) is 6.41. The lowest BCUT2D eigenvalue weighted by molar-refractivity contribution is -0.0384. The number of alkyl halides is 2. The predicted octanol–water partition coefficient (Wildman–Crippen LogP) is 6.18. The van der Waals surface area contributed by atoms with Gasteiger partial charge in [-0.15, -0.1) is 0 Å². The Morgan fingerprint density at radius 1 is 0.913 bits per heavy atom. The van der Waals surface area contributed by atoms with Crippen molar-refractivity contribution < 1.29 is 13.0 Å². The topological polar surface area (TPSA) is 9.23 Å². The van der Waals surface area contributed by atoms with E-state index in [0.29, 0.717) is 12.3 Å². The lowest BCUT2D eigenvalue weighted by Gasteiger charge is -2.41. The second kappa shape index (κ2) is 9.03. The van der Waals surface area contributed by atoms with Crippen LogP contribution in [0.5, 0.6) is 0 Å². The van der Waals surface area contributed by atoms with Gasteiger partial charge in [0, 0.05) is 0 Å². The zero-order valence-corrected chi connectivity index (χ0v) is 15.8. The average molecular weight is 349 g/mol. The Hall–Kier alpha value is 0.170. The van der Waals surface area contributed by atoms with Gasteiger partial charge in [0.05, 0.1) is 0 Å². The maximum absolute atomic E-state index is 14.4. The summed E-state index contributed by atoms with van der Waals surface area (Å²) in [6.07, 6.45) is 4.91. The van der Waals surface area contributed by atoms with E-state index in [9.17, 15) is 8.78 Å². The molecule has 0 spiro atoms. The molecule has 1 nitrogen and oxygen atoms in total. The van der Waals surface area contributed by atoms with Crippen LogP contribution in [0.2, 0.25) is 0 Å². The molecule has 0 radical (unpaired) electrons. The summed E-state index contributed by atoms with van der Waals surface area (Å²) in [5.41, 5.74) is 0. The van der Waals surface area contributed by atoms with Gasteiger partial charge in [-0.05, 0) is 81.0 Å². The van der Waals surface area contributed by atoms with E-state index in [1.54, 1.807) is 0 Å². The van der Waals surface area contributed by atoms with Crippen LogP contribution in [0.3, 0.4) is 0 Å². The SMILES string of the molecule is CC(C)CCC(C)C1CCC(C2CCC(OS)C(F)C2F)CC1. The Morgan fingerprint density at radius 3 is 2.13 bits per heavy atom. The van der Waals surface area contributed by atoms with Gasteiger partial charge in [-0.25, -0.2) is 8.78 Å². The lowest BCUT2D eigenvalue weighted by Crippen LogP contribution is -2.45. The fourth-order valence-corrected chi connectivity index (χ4v) is 4.92. The van der Waals surface area contributed by atoms with Gasteiger partial charge in [0.1, 0.15) is 12.3 Å². The predicted molar refractivity (Wildman–Crippen MR) is 95.1 cm³/mol. The maximum Gasteiger partial charge on any atom is 0.159 e. The van der Waals surface area contributed by atoms with Gasteiger partial charge < -0.3 is 4.18 Å². The fourth-order valence-electron chi connectivity index (χ4n) is 4.70. The van der Waals surface area contributed by atoms with Crippen LogP contribution in [0.1, 0.15) is 72.1 Å². The molecule has 136 valence electrons. The monoisotopic (exact) mass is 348 g/mol. The minimum atomic E-state index is -1.51. The quantitative estimate of drug-likeness (QED) is 0.445. The van der Waals surface area contributed by atoms with Crippen molar-refractivity contribution in [3.05, 3.63) is 0 Å². The zero-order valence-electron chi connectivity index (χ0n) is 14.9. The van der Waals surface area contributed by atoms with E-state index in [0.717, 1.165) is 37.0 Å². The number of hydrogen-bond acceptors (Lipinski definition) is 2. The Bertz CT molecular complexity index is 344. The molecule has 2 fully saturated rings. The van der Waals surface area contributed by atoms with E-state index >= 15 is 0 Å². The Kier molecular flexibility index (Phi) is 7.65. The highest BCUT2D eigenvalue weighted by molar-refractivity contribution is 7.75. The minimum absolute atomic E-state index is 0.114. The second-order valence-electron chi connectivity index (χ2n) is 8.40. The smallest absolute Gasteiger partial charge is 0.159 e. The van der Waals surface area contributed by atoms with Crippen LogP contribution in [0.25, 0.3) is 0 Å². The zero-order chi connectivity index (χ0) is 17.0. The summed E-state index contributed by atoms with van der Waals surface area (Å²) in [6.45, 7) is 6.94. The van der Waals surface area contributed by atoms with Crippen LogP contribution in [0.4, 0.5) is 8.78 Å². The fraction of sp³-hybridized carbons (Fsp3) is 1.00. The molecule has 2 saturated carbocycles. The normalized spacial score (nSPS) is 40.3. The average Bonchev–Trinajstić information content (AvgIpc) is 2.55. The molecule has 0 aromatic carbocycles. The van der Waals surface area contributed by atoms with Crippen molar-refractivity contribution in [3.8, 4) is 0 Å². The number of rotatable bonds is 6. The Labute approximate surface area is 146 Å². The molecule has 5 atom stereocenters. The van der Waals surface area contributed by atoms with Crippen LogP contribution in [-0.4, -0.2) is 18.4 Å². The molecule has 0 aliphatic heterocycles. The minimum Gasteiger partial charge on any atom is -0.312 e. The van der Waals surface area contributed by atoms with Crippen LogP contribution in [0.15, 0.2) is 0 Å². The molecule has 0 aromatic rings. The highest BCUT2D eigenvalue weighted by atomic mass is 32.1.